The van der Waals surface area contributed by atoms with E-state index in [2.05, 4.69) is 5.32 Å². The topological polar surface area (TPSA) is 130 Å². The Kier molecular flexibility index (Phi) is 5.63. The Balaban J connectivity index is 0. The number of nitrogens with one attached hydrogen (secondary N) is 1. The molecular weight excluding hydrogens is 200 g/mol. The molecule has 0 aromatic rings. The second kappa shape index (κ2) is 5.00. The van der Waals surface area contributed by atoms with Gasteiger partial charge in [-0.05, 0) is 20.8 Å². The molecule has 7 nitrogen and oxygen atoms in total. The molecule has 0 bridgehead atoms. The van der Waals surface area contributed by atoms with Gasteiger partial charge >= 0.3 is 16.4 Å². The van der Waals surface area contributed by atoms with Crippen molar-refractivity contribution in [2.75, 3.05) is 0 Å². The van der Waals surface area contributed by atoms with Crippen molar-refractivity contribution in [3.8, 4) is 0 Å². The van der Waals surface area contributed by atoms with E-state index in [4.69, 9.17) is 23.3 Å². The van der Waals surface area contributed by atoms with E-state index in [1.807, 2.05) is 20.8 Å². The predicted octanol–water partition coefficient (Wildman–Crippen LogP) is -0.200. The fraction of sp³-hybridized carbons (Fsp3) is 0.800. The van der Waals surface area contributed by atoms with Crippen molar-refractivity contribution < 1.29 is 22.3 Å². The third-order valence-corrected chi connectivity index (χ3v) is 0.498. The summed E-state index contributed by atoms with van der Waals surface area (Å²) < 4.78 is 31.6. The number of urea groups is 1. The molecule has 0 aliphatic rings. The number of hydrogen-bond donors (Lipinski definition) is 4. The number of hydrogen-bond acceptors (Lipinski definition) is 3. The second-order valence-corrected chi connectivity index (χ2v) is 4.08. The fourth-order valence-electron chi connectivity index (χ4n) is 0.370. The minimum atomic E-state index is -4.67. The third-order valence-electron chi connectivity index (χ3n) is 0.498. The number of rotatable bonds is 0. The summed E-state index contributed by atoms with van der Waals surface area (Å²) in [6, 6.07) is -0.475. The van der Waals surface area contributed by atoms with Gasteiger partial charge in [0.05, 0.1) is 0 Å². The first-order valence-corrected chi connectivity index (χ1v) is 4.59. The van der Waals surface area contributed by atoms with E-state index in [1.54, 1.807) is 0 Å². The van der Waals surface area contributed by atoms with Gasteiger partial charge in [0.25, 0.3) is 0 Å². The Bertz CT molecular complexity index is 245. The van der Waals surface area contributed by atoms with Crippen LogP contribution >= 0.6 is 0 Å². The summed E-state index contributed by atoms with van der Waals surface area (Å²) in [6.07, 6.45) is 0. The maximum absolute atomic E-state index is 10.1. The maximum atomic E-state index is 10.1. The molecule has 0 heterocycles. The molecule has 0 rings (SSSR count). The molecular formula is C5H14N2O5S. The first kappa shape index (κ1) is 14.7. The summed E-state index contributed by atoms with van der Waals surface area (Å²) in [5.41, 5.74) is 4.63. The molecule has 5 N–H and O–H groups in total. The van der Waals surface area contributed by atoms with Crippen molar-refractivity contribution in [2.45, 2.75) is 26.3 Å². The molecule has 0 atom stereocenters. The van der Waals surface area contributed by atoms with Gasteiger partial charge in [0.1, 0.15) is 0 Å². The Morgan fingerprint density at radius 3 is 1.54 bits per heavy atom. The van der Waals surface area contributed by atoms with E-state index in [-0.39, 0.29) is 5.54 Å². The molecule has 0 radical (unpaired) electrons. The summed E-state index contributed by atoms with van der Waals surface area (Å²) in [6.45, 7) is 5.62. The van der Waals surface area contributed by atoms with Gasteiger partial charge in [-0.25, -0.2) is 4.79 Å². The van der Waals surface area contributed by atoms with Crippen LogP contribution in [0.5, 0.6) is 0 Å². The molecule has 2 amide bonds. The van der Waals surface area contributed by atoms with Crippen LogP contribution in [0.25, 0.3) is 0 Å². The van der Waals surface area contributed by atoms with E-state index in [0.29, 0.717) is 0 Å². The minimum Gasteiger partial charge on any atom is -0.352 e. The quantitative estimate of drug-likeness (QED) is 0.415. The highest BCUT2D eigenvalue weighted by molar-refractivity contribution is 7.79. The van der Waals surface area contributed by atoms with Crippen LogP contribution in [-0.4, -0.2) is 29.1 Å². The molecule has 8 heteroatoms. The molecule has 0 unspecified atom stereocenters. The predicted molar refractivity (Wildman–Crippen MR) is 46.6 cm³/mol. The Hall–Kier alpha value is -0.860. The monoisotopic (exact) mass is 214 g/mol. The summed E-state index contributed by atoms with van der Waals surface area (Å²) in [7, 11) is -4.67. The third kappa shape index (κ3) is 54.3. The molecule has 0 spiro atoms. The van der Waals surface area contributed by atoms with Crippen molar-refractivity contribution in [3.05, 3.63) is 0 Å². The second-order valence-electron chi connectivity index (χ2n) is 3.19. The van der Waals surface area contributed by atoms with Gasteiger partial charge in [-0.3, -0.25) is 9.11 Å². The minimum absolute atomic E-state index is 0.203. The highest BCUT2D eigenvalue weighted by Crippen LogP contribution is 1.95. The molecule has 13 heavy (non-hydrogen) atoms. The molecule has 0 aliphatic carbocycles. The number of primary amides is 1. The molecule has 0 aromatic heterocycles. The molecule has 0 aliphatic heterocycles. The van der Waals surface area contributed by atoms with Crippen LogP contribution in [0.4, 0.5) is 4.79 Å². The average Bonchev–Trinajstić information content (AvgIpc) is 1.47. The zero-order valence-corrected chi connectivity index (χ0v) is 8.42. The number of amides is 2. The van der Waals surface area contributed by atoms with Gasteiger partial charge in [-0.15, -0.1) is 0 Å². The highest BCUT2D eigenvalue weighted by atomic mass is 32.3. The Labute approximate surface area is 76.9 Å². The lowest BCUT2D eigenvalue weighted by Gasteiger charge is -2.17. The van der Waals surface area contributed by atoms with Crippen LogP contribution < -0.4 is 11.1 Å². The summed E-state index contributed by atoms with van der Waals surface area (Å²) in [5.74, 6) is 0. The van der Waals surface area contributed by atoms with Gasteiger partial charge in [0.15, 0.2) is 0 Å². The van der Waals surface area contributed by atoms with Crippen molar-refractivity contribution in [2.24, 2.45) is 5.73 Å². The van der Waals surface area contributed by atoms with E-state index >= 15 is 0 Å². The lowest BCUT2D eigenvalue weighted by atomic mass is 10.1. The van der Waals surface area contributed by atoms with Crippen LogP contribution in [0.2, 0.25) is 0 Å². The SMILES string of the molecule is CC(C)(C)NC(N)=O.O=S(=O)(O)O. The molecule has 0 fully saturated rings. The van der Waals surface area contributed by atoms with Gasteiger partial charge in [-0.1, -0.05) is 0 Å². The Morgan fingerprint density at radius 2 is 1.54 bits per heavy atom. The van der Waals surface area contributed by atoms with Gasteiger partial charge in [-0.2, -0.15) is 8.42 Å². The van der Waals surface area contributed by atoms with Gasteiger partial charge in [0.2, 0.25) is 0 Å². The lowest BCUT2D eigenvalue weighted by molar-refractivity contribution is 0.240. The number of carbonyl (C=O) groups excluding carboxylic acids is 1. The van der Waals surface area contributed by atoms with E-state index in [9.17, 15) is 4.79 Å². The average molecular weight is 214 g/mol. The molecule has 0 saturated carbocycles. The van der Waals surface area contributed by atoms with Crippen molar-refractivity contribution in [3.63, 3.8) is 0 Å². The first-order valence-electron chi connectivity index (χ1n) is 3.19. The van der Waals surface area contributed by atoms with Crippen LogP contribution in [0, 0.1) is 0 Å². The summed E-state index contributed by atoms with van der Waals surface area (Å²) in [5, 5.41) is 2.52. The fourth-order valence-corrected chi connectivity index (χ4v) is 0.370. The van der Waals surface area contributed by atoms with Crippen molar-refractivity contribution in [1.82, 2.24) is 5.32 Å². The number of nitrogens with two attached hydrogens (primary N) is 1. The first-order chi connectivity index (χ1) is 5.42. The van der Waals surface area contributed by atoms with E-state index < -0.39 is 16.4 Å². The normalized spacial score (nSPS) is 11.2. The van der Waals surface area contributed by atoms with E-state index in [0.717, 1.165) is 0 Å². The number of carbonyl (C=O) groups is 1. The van der Waals surface area contributed by atoms with Crippen molar-refractivity contribution in [1.29, 1.82) is 0 Å². The summed E-state index contributed by atoms with van der Waals surface area (Å²) >= 11 is 0. The van der Waals surface area contributed by atoms with E-state index in [1.165, 1.54) is 0 Å². The van der Waals surface area contributed by atoms with Crippen LogP contribution in [0.15, 0.2) is 0 Å². The molecule has 0 saturated heterocycles. The Morgan fingerprint density at radius 1 is 1.31 bits per heavy atom. The van der Waals surface area contributed by atoms with Crippen LogP contribution in [-0.2, 0) is 10.4 Å². The lowest BCUT2D eigenvalue weighted by Crippen LogP contribution is -2.43. The standard InChI is InChI=1S/C5H12N2O.H2O4S/c1-5(2,3)7-4(6)8;1-5(2,3)4/h1-3H3,(H3,6,7,8);(H2,1,2,3,4). The highest BCUT2D eigenvalue weighted by Gasteiger charge is 2.09. The van der Waals surface area contributed by atoms with Gasteiger partial charge in [0, 0.05) is 5.54 Å². The van der Waals surface area contributed by atoms with Crippen LogP contribution in [0.3, 0.4) is 0 Å². The molecule has 0 aromatic carbocycles. The van der Waals surface area contributed by atoms with Gasteiger partial charge < -0.3 is 11.1 Å². The zero-order valence-electron chi connectivity index (χ0n) is 7.60. The maximum Gasteiger partial charge on any atom is 0.394 e. The zero-order chi connectivity index (χ0) is 11.3. The van der Waals surface area contributed by atoms with Crippen LogP contribution in [0.1, 0.15) is 20.8 Å². The smallest absolute Gasteiger partial charge is 0.352 e. The van der Waals surface area contributed by atoms with Crippen molar-refractivity contribution >= 4 is 16.4 Å². The summed E-state index contributed by atoms with van der Waals surface area (Å²) in [4.78, 5) is 10.1. The molecule has 80 valence electrons. The largest absolute Gasteiger partial charge is 0.394 e.